The van der Waals surface area contributed by atoms with E-state index in [-0.39, 0.29) is 4.75 Å². The van der Waals surface area contributed by atoms with Crippen molar-refractivity contribution in [2.75, 3.05) is 12.8 Å². The summed E-state index contributed by atoms with van der Waals surface area (Å²) in [5, 5.41) is 15.5. The van der Waals surface area contributed by atoms with Crippen LogP contribution in [0.4, 0.5) is 0 Å². The fraction of sp³-hybridized carbons (Fsp3) is 0.923. The van der Waals surface area contributed by atoms with Crippen molar-refractivity contribution in [3.63, 3.8) is 0 Å². The Labute approximate surface area is 120 Å². The van der Waals surface area contributed by atoms with Gasteiger partial charge in [0.1, 0.15) is 0 Å². The van der Waals surface area contributed by atoms with E-state index in [0.717, 1.165) is 38.3 Å². The third-order valence-electron chi connectivity index (χ3n) is 3.60. The zero-order valence-corrected chi connectivity index (χ0v) is 13.6. The molecule has 1 rings (SSSR count). The van der Waals surface area contributed by atoms with Crippen molar-refractivity contribution in [3.8, 4) is 0 Å². The summed E-state index contributed by atoms with van der Waals surface area (Å²) in [4.78, 5) is 0. The second-order valence-corrected chi connectivity index (χ2v) is 6.65. The molecule has 0 aliphatic heterocycles. The highest BCUT2D eigenvalue weighted by molar-refractivity contribution is 8.00. The number of nitrogens with zero attached hydrogens (tertiary/aromatic N) is 4. The number of thioether (sulfide) groups is 1. The van der Waals surface area contributed by atoms with E-state index in [2.05, 4.69) is 54.8 Å². The van der Waals surface area contributed by atoms with Crippen molar-refractivity contribution in [1.29, 1.82) is 0 Å². The lowest BCUT2D eigenvalue weighted by Crippen LogP contribution is -2.31. The summed E-state index contributed by atoms with van der Waals surface area (Å²) in [5.74, 6) is 1.57. The summed E-state index contributed by atoms with van der Waals surface area (Å²) in [5.41, 5.74) is 0. The van der Waals surface area contributed by atoms with Crippen LogP contribution in [0.1, 0.15) is 46.4 Å². The molecule has 0 saturated carbocycles. The molecule has 0 bridgehead atoms. The van der Waals surface area contributed by atoms with Crippen LogP contribution in [0.2, 0.25) is 0 Å². The molecule has 0 aliphatic rings. The van der Waals surface area contributed by atoms with Gasteiger partial charge in [0.25, 0.3) is 0 Å². The molecule has 0 aliphatic carbocycles. The number of hydrogen-bond donors (Lipinski definition) is 1. The van der Waals surface area contributed by atoms with Gasteiger partial charge in [0.05, 0.1) is 13.1 Å². The van der Waals surface area contributed by atoms with Crippen molar-refractivity contribution in [2.45, 2.75) is 58.4 Å². The minimum absolute atomic E-state index is 0.238. The van der Waals surface area contributed by atoms with Crippen LogP contribution in [-0.4, -0.2) is 37.8 Å². The monoisotopic (exact) mass is 285 g/mol. The molecule has 6 heteroatoms. The van der Waals surface area contributed by atoms with Crippen LogP contribution in [-0.2, 0) is 13.1 Å². The molecule has 0 atom stereocenters. The summed E-state index contributed by atoms with van der Waals surface area (Å²) in [7, 11) is 0. The standard InChI is InChI=1S/C13H27N5S/c1-6-13(7-2,19-5)10-18-12(15-16-17-18)9-14-8-11(3)4/h11,14H,6-10H2,1-5H3. The Hall–Kier alpha value is -0.620. The van der Waals surface area contributed by atoms with E-state index in [1.54, 1.807) is 0 Å². The molecule has 0 fully saturated rings. The second-order valence-electron chi connectivity index (χ2n) is 5.37. The molecule has 1 aromatic heterocycles. The highest BCUT2D eigenvalue weighted by atomic mass is 32.2. The maximum Gasteiger partial charge on any atom is 0.165 e. The lowest BCUT2D eigenvalue weighted by Gasteiger charge is -2.29. The molecule has 0 aromatic carbocycles. The van der Waals surface area contributed by atoms with E-state index in [1.807, 2.05) is 16.4 Å². The first-order valence-corrected chi connectivity index (χ1v) is 8.30. The van der Waals surface area contributed by atoms with Crippen molar-refractivity contribution < 1.29 is 0 Å². The van der Waals surface area contributed by atoms with Crippen LogP contribution in [0, 0.1) is 5.92 Å². The summed E-state index contributed by atoms with van der Waals surface area (Å²) in [6, 6.07) is 0. The van der Waals surface area contributed by atoms with Crippen molar-refractivity contribution >= 4 is 11.8 Å². The van der Waals surface area contributed by atoms with Gasteiger partial charge in [0, 0.05) is 4.75 Å². The van der Waals surface area contributed by atoms with E-state index in [0.29, 0.717) is 5.92 Å². The van der Waals surface area contributed by atoms with E-state index in [4.69, 9.17) is 0 Å². The first-order valence-electron chi connectivity index (χ1n) is 7.07. The number of nitrogens with one attached hydrogen (secondary N) is 1. The topological polar surface area (TPSA) is 55.6 Å². The lowest BCUT2D eigenvalue weighted by atomic mass is 10.0. The van der Waals surface area contributed by atoms with E-state index in [1.165, 1.54) is 0 Å². The molecule has 5 nitrogen and oxygen atoms in total. The number of aromatic nitrogens is 4. The van der Waals surface area contributed by atoms with Gasteiger partial charge in [-0.15, -0.1) is 5.10 Å². The Morgan fingerprint density at radius 2 is 2.00 bits per heavy atom. The van der Waals surface area contributed by atoms with Crippen LogP contribution in [0.25, 0.3) is 0 Å². The molecule has 0 unspecified atom stereocenters. The van der Waals surface area contributed by atoms with Gasteiger partial charge in [-0.25, -0.2) is 4.68 Å². The Balaban J connectivity index is 2.66. The predicted octanol–water partition coefficient (Wildman–Crippen LogP) is 2.34. The van der Waals surface area contributed by atoms with Crippen molar-refractivity contribution in [3.05, 3.63) is 5.82 Å². The molecule has 0 radical (unpaired) electrons. The minimum atomic E-state index is 0.238. The third-order valence-corrected chi connectivity index (χ3v) is 5.17. The van der Waals surface area contributed by atoms with Gasteiger partial charge in [0.2, 0.25) is 0 Å². The summed E-state index contributed by atoms with van der Waals surface area (Å²) >= 11 is 1.92. The number of rotatable bonds is 9. The van der Waals surface area contributed by atoms with Gasteiger partial charge in [-0.05, 0) is 42.0 Å². The van der Waals surface area contributed by atoms with Gasteiger partial charge in [0.15, 0.2) is 5.82 Å². The Kier molecular flexibility index (Phi) is 6.79. The number of tetrazole rings is 1. The Morgan fingerprint density at radius 3 is 2.53 bits per heavy atom. The summed E-state index contributed by atoms with van der Waals surface area (Å²) in [6.45, 7) is 11.5. The van der Waals surface area contributed by atoms with Crippen LogP contribution >= 0.6 is 11.8 Å². The average molecular weight is 285 g/mol. The summed E-state index contributed by atoms with van der Waals surface area (Å²) < 4.78 is 2.19. The highest BCUT2D eigenvalue weighted by Crippen LogP contribution is 2.32. The first kappa shape index (κ1) is 16.4. The van der Waals surface area contributed by atoms with Gasteiger partial charge >= 0.3 is 0 Å². The lowest BCUT2D eigenvalue weighted by molar-refractivity contribution is 0.415. The molecule has 0 amide bonds. The second kappa shape index (κ2) is 7.85. The van der Waals surface area contributed by atoms with Crippen molar-refractivity contribution in [2.24, 2.45) is 5.92 Å². The molecular formula is C13H27N5S. The molecular weight excluding hydrogens is 258 g/mol. The van der Waals surface area contributed by atoms with Gasteiger partial charge in [-0.1, -0.05) is 27.7 Å². The van der Waals surface area contributed by atoms with Crippen LogP contribution in [0.15, 0.2) is 0 Å². The summed E-state index contributed by atoms with van der Waals surface area (Å²) in [6.07, 6.45) is 4.43. The van der Waals surface area contributed by atoms with E-state index in [9.17, 15) is 0 Å². The first-order chi connectivity index (χ1) is 9.06. The minimum Gasteiger partial charge on any atom is -0.310 e. The average Bonchev–Trinajstić information content (AvgIpc) is 2.83. The van der Waals surface area contributed by atoms with Gasteiger partial charge < -0.3 is 5.32 Å². The van der Waals surface area contributed by atoms with E-state index >= 15 is 0 Å². The van der Waals surface area contributed by atoms with Crippen molar-refractivity contribution in [1.82, 2.24) is 25.5 Å². The molecule has 0 spiro atoms. The van der Waals surface area contributed by atoms with E-state index < -0.39 is 0 Å². The Morgan fingerprint density at radius 1 is 1.32 bits per heavy atom. The molecule has 19 heavy (non-hydrogen) atoms. The van der Waals surface area contributed by atoms with Crippen LogP contribution < -0.4 is 5.32 Å². The maximum atomic E-state index is 4.14. The van der Waals surface area contributed by atoms with Gasteiger partial charge in [-0.2, -0.15) is 11.8 Å². The quantitative estimate of drug-likeness (QED) is 0.755. The molecule has 1 N–H and O–H groups in total. The molecule has 110 valence electrons. The maximum absolute atomic E-state index is 4.14. The zero-order chi connectivity index (χ0) is 14.3. The smallest absolute Gasteiger partial charge is 0.165 e. The molecule has 0 saturated heterocycles. The third kappa shape index (κ3) is 4.76. The fourth-order valence-electron chi connectivity index (χ4n) is 2.05. The van der Waals surface area contributed by atoms with Crippen LogP contribution in [0.5, 0.6) is 0 Å². The van der Waals surface area contributed by atoms with Gasteiger partial charge in [-0.3, -0.25) is 0 Å². The molecule has 1 heterocycles. The molecule has 1 aromatic rings. The largest absolute Gasteiger partial charge is 0.310 e. The predicted molar refractivity (Wildman–Crippen MR) is 81.2 cm³/mol. The number of hydrogen-bond acceptors (Lipinski definition) is 5. The zero-order valence-electron chi connectivity index (χ0n) is 12.8. The normalized spacial score (nSPS) is 12.3. The fourth-order valence-corrected chi connectivity index (χ4v) is 2.87. The van der Waals surface area contributed by atoms with Crippen LogP contribution in [0.3, 0.4) is 0 Å². The highest BCUT2D eigenvalue weighted by Gasteiger charge is 2.27. The Bertz CT molecular complexity index is 351. The SMILES string of the molecule is CCC(CC)(Cn1nnnc1CNCC(C)C)SC.